The number of hydrogen-bond donors (Lipinski definition) is 2. The van der Waals surface area contributed by atoms with E-state index in [0.717, 1.165) is 6.42 Å². The first-order valence-corrected chi connectivity index (χ1v) is 6.73. The molecule has 0 saturated carbocycles. The summed E-state index contributed by atoms with van der Waals surface area (Å²) >= 11 is 0. The van der Waals surface area contributed by atoms with Crippen LogP contribution in [-0.2, 0) is 6.54 Å². The van der Waals surface area contributed by atoms with Crippen molar-refractivity contribution in [3.63, 3.8) is 0 Å². The van der Waals surface area contributed by atoms with Crippen molar-refractivity contribution in [2.75, 3.05) is 13.2 Å². The molecule has 0 radical (unpaired) electrons. The van der Waals surface area contributed by atoms with Gasteiger partial charge in [0.25, 0.3) is 5.56 Å². The number of aromatic nitrogens is 1. The van der Waals surface area contributed by atoms with Crippen LogP contribution in [0, 0.1) is 0 Å². The zero-order valence-electron chi connectivity index (χ0n) is 11.7. The highest BCUT2D eigenvalue weighted by atomic mass is 16.5. The normalized spacial score (nSPS) is 10.8. The Hall–Kier alpha value is -2.34. The molecule has 0 unspecified atom stereocenters. The molecule has 0 aliphatic carbocycles. The fourth-order valence-electron chi connectivity index (χ4n) is 2.17. The molecule has 6 heteroatoms. The summed E-state index contributed by atoms with van der Waals surface area (Å²) in [6.45, 7) is 2.29. The van der Waals surface area contributed by atoms with Crippen LogP contribution in [0.4, 0.5) is 0 Å². The molecular formula is C15H17NO5. The summed E-state index contributed by atoms with van der Waals surface area (Å²) < 4.78 is 6.99. The summed E-state index contributed by atoms with van der Waals surface area (Å²) in [4.78, 5) is 23.1. The number of hydrogen-bond acceptors (Lipinski definition) is 4. The number of carboxylic acids is 1. The molecule has 0 spiro atoms. The summed E-state index contributed by atoms with van der Waals surface area (Å²) in [5, 5.41) is 18.9. The maximum Gasteiger partial charge on any atom is 0.335 e. The number of ether oxygens (including phenoxy) is 1. The first-order valence-electron chi connectivity index (χ1n) is 6.73. The maximum atomic E-state index is 11.9. The molecule has 1 aromatic heterocycles. The lowest BCUT2D eigenvalue weighted by atomic mass is 10.1. The van der Waals surface area contributed by atoms with Gasteiger partial charge >= 0.3 is 5.97 Å². The first kappa shape index (κ1) is 15.1. The summed E-state index contributed by atoms with van der Waals surface area (Å²) in [5.41, 5.74) is 0.346. The van der Waals surface area contributed by atoms with Crippen LogP contribution in [0.5, 0.6) is 5.75 Å². The average Bonchev–Trinajstić information content (AvgIpc) is 2.47. The monoisotopic (exact) mass is 291 g/mol. The fraction of sp³-hybridized carbons (Fsp3) is 0.333. The van der Waals surface area contributed by atoms with Crippen molar-refractivity contribution in [3.8, 4) is 5.75 Å². The van der Waals surface area contributed by atoms with E-state index >= 15 is 0 Å². The van der Waals surface area contributed by atoms with Crippen LogP contribution in [0.2, 0.25) is 0 Å². The van der Waals surface area contributed by atoms with Gasteiger partial charge in [0.2, 0.25) is 0 Å². The van der Waals surface area contributed by atoms with Gasteiger partial charge in [-0.1, -0.05) is 6.92 Å². The Labute approximate surface area is 121 Å². The highest BCUT2D eigenvalue weighted by Gasteiger charge is 2.14. The Morgan fingerprint density at radius 2 is 2.10 bits per heavy atom. The largest absolute Gasteiger partial charge is 0.491 e. The molecule has 0 bridgehead atoms. The van der Waals surface area contributed by atoms with Gasteiger partial charge in [-0.2, -0.15) is 0 Å². The minimum Gasteiger partial charge on any atom is -0.491 e. The number of carboxylic acid groups (broad SMARTS) is 1. The predicted octanol–water partition coefficient (Wildman–Crippen LogP) is 1.48. The molecule has 112 valence electrons. The Kier molecular flexibility index (Phi) is 4.59. The van der Waals surface area contributed by atoms with Crippen LogP contribution in [-0.4, -0.2) is 34.0 Å². The molecule has 1 aromatic carbocycles. The minimum absolute atomic E-state index is 0.0998. The van der Waals surface area contributed by atoms with E-state index in [1.165, 1.54) is 22.8 Å². The molecule has 0 atom stereocenters. The summed E-state index contributed by atoms with van der Waals surface area (Å²) in [6.07, 6.45) is 0.760. The lowest BCUT2D eigenvalue weighted by Crippen LogP contribution is -2.21. The number of pyridine rings is 1. The fourth-order valence-corrected chi connectivity index (χ4v) is 2.17. The number of aliphatic hydroxyl groups excluding tert-OH is 1. The summed E-state index contributed by atoms with van der Waals surface area (Å²) in [6, 6.07) is 5.82. The smallest absolute Gasteiger partial charge is 0.335 e. The molecule has 0 aliphatic rings. The van der Waals surface area contributed by atoms with E-state index in [4.69, 9.17) is 14.9 Å². The Bertz CT molecular complexity index is 720. The van der Waals surface area contributed by atoms with Crippen LogP contribution in [0.25, 0.3) is 10.9 Å². The second-order valence-electron chi connectivity index (χ2n) is 4.61. The molecule has 1 heterocycles. The van der Waals surface area contributed by atoms with E-state index in [-0.39, 0.29) is 24.3 Å². The second-order valence-corrected chi connectivity index (χ2v) is 4.61. The lowest BCUT2D eigenvalue weighted by molar-refractivity contribution is 0.0696. The van der Waals surface area contributed by atoms with Crippen LogP contribution < -0.4 is 10.3 Å². The Morgan fingerprint density at radius 1 is 1.33 bits per heavy atom. The topological polar surface area (TPSA) is 88.8 Å². The third kappa shape index (κ3) is 3.05. The zero-order chi connectivity index (χ0) is 15.4. The van der Waals surface area contributed by atoms with Gasteiger partial charge in [-0.15, -0.1) is 0 Å². The summed E-state index contributed by atoms with van der Waals surface area (Å²) in [5.74, 6) is -0.712. The molecule has 2 aromatic rings. The minimum atomic E-state index is -1.06. The molecule has 0 saturated heterocycles. The number of aliphatic hydroxyl groups is 1. The predicted molar refractivity (Wildman–Crippen MR) is 78.0 cm³/mol. The zero-order valence-corrected chi connectivity index (χ0v) is 11.7. The van der Waals surface area contributed by atoms with Gasteiger partial charge in [0.1, 0.15) is 5.75 Å². The molecule has 0 amide bonds. The second kappa shape index (κ2) is 6.41. The van der Waals surface area contributed by atoms with Crippen molar-refractivity contribution in [1.29, 1.82) is 0 Å². The third-order valence-corrected chi connectivity index (χ3v) is 3.08. The van der Waals surface area contributed by atoms with Gasteiger partial charge in [-0.3, -0.25) is 4.79 Å². The van der Waals surface area contributed by atoms with Gasteiger partial charge in [0.15, 0.2) is 0 Å². The van der Waals surface area contributed by atoms with Gasteiger partial charge in [0, 0.05) is 18.0 Å². The first-order chi connectivity index (χ1) is 10.1. The standard InChI is InChI=1S/C15H17NO5/c1-2-7-21-12-9-11(15(19)20)8-10-3-4-13(18)16(5-6-17)14(10)12/h3-4,8-9,17H,2,5-7H2,1H3,(H,19,20). The van der Waals surface area contributed by atoms with Crippen molar-refractivity contribution in [3.05, 3.63) is 40.2 Å². The highest BCUT2D eigenvalue weighted by Crippen LogP contribution is 2.27. The number of benzene rings is 1. The van der Waals surface area contributed by atoms with E-state index in [1.807, 2.05) is 6.92 Å². The lowest BCUT2D eigenvalue weighted by Gasteiger charge is -2.14. The molecular weight excluding hydrogens is 274 g/mol. The van der Waals surface area contributed by atoms with E-state index in [0.29, 0.717) is 23.3 Å². The number of carbonyl (C=O) groups is 1. The van der Waals surface area contributed by atoms with Crippen molar-refractivity contribution in [1.82, 2.24) is 4.57 Å². The molecule has 2 N–H and O–H groups in total. The SMILES string of the molecule is CCCOc1cc(C(=O)O)cc2ccc(=O)n(CCO)c12. The van der Waals surface area contributed by atoms with E-state index in [2.05, 4.69) is 0 Å². The van der Waals surface area contributed by atoms with Crippen molar-refractivity contribution in [2.24, 2.45) is 0 Å². The van der Waals surface area contributed by atoms with Crippen molar-refractivity contribution >= 4 is 16.9 Å². The highest BCUT2D eigenvalue weighted by molar-refractivity contribution is 5.96. The maximum absolute atomic E-state index is 11.9. The molecule has 0 fully saturated rings. The number of rotatable bonds is 6. The number of aromatic carboxylic acids is 1. The summed E-state index contributed by atoms with van der Waals surface area (Å²) in [7, 11) is 0. The van der Waals surface area contributed by atoms with Gasteiger partial charge < -0.3 is 19.5 Å². The van der Waals surface area contributed by atoms with Crippen LogP contribution in [0.3, 0.4) is 0 Å². The van der Waals surface area contributed by atoms with Gasteiger partial charge in [-0.25, -0.2) is 4.79 Å². The van der Waals surface area contributed by atoms with Gasteiger partial charge in [-0.05, 0) is 24.6 Å². The van der Waals surface area contributed by atoms with Crippen molar-refractivity contribution < 1.29 is 19.7 Å². The number of fused-ring (bicyclic) bond motifs is 1. The van der Waals surface area contributed by atoms with Crippen LogP contribution >= 0.6 is 0 Å². The molecule has 6 nitrogen and oxygen atoms in total. The Morgan fingerprint density at radius 3 is 2.71 bits per heavy atom. The van der Waals surface area contributed by atoms with E-state index in [1.54, 1.807) is 6.07 Å². The van der Waals surface area contributed by atoms with Gasteiger partial charge in [0.05, 0.1) is 24.3 Å². The quantitative estimate of drug-likeness (QED) is 0.841. The number of nitrogens with zero attached hydrogens (tertiary/aromatic N) is 1. The van der Waals surface area contributed by atoms with E-state index in [9.17, 15) is 9.59 Å². The third-order valence-electron chi connectivity index (χ3n) is 3.08. The van der Waals surface area contributed by atoms with Crippen LogP contribution in [0.15, 0.2) is 29.1 Å². The van der Waals surface area contributed by atoms with E-state index < -0.39 is 5.97 Å². The van der Waals surface area contributed by atoms with Crippen molar-refractivity contribution in [2.45, 2.75) is 19.9 Å². The van der Waals surface area contributed by atoms with Crippen LogP contribution in [0.1, 0.15) is 23.7 Å². The molecule has 2 rings (SSSR count). The average molecular weight is 291 g/mol. The Balaban J connectivity index is 2.75. The molecule has 0 aliphatic heterocycles. The molecule has 21 heavy (non-hydrogen) atoms.